The molecule has 34 heavy (non-hydrogen) atoms. The molecule has 4 rings (SSSR count). The van der Waals surface area contributed by atoms with Crippen molar-refractivity contribution in [2.45, 2.75) is 64.7 Å². The maximum Gasteiger partial charge on any atom is 0.315 e. The van der Waals surface area contributed by atoms with E-state index in [9.17, 15) is 4.79 Å². The van der Waals surface area contributed by atoms with Crippen LogP contribution in [0.1, 0.15) is 75.8 Å². The molecule has 0 N–H and O–H groups in total. The number of carbonyl (C=O) groups excluding carboxylic acids is 1. The Hall–Kier alpha value is -1.31. The number of fused-ring (bicyclic) bond motifs is 5. The number of hydrogen-bond donors (Lipinski definition) is 0. The summed E-state index contributed by atoms with van der Waals surface area (Å²) in [6.45, 7) is 8.39. The lowest BCUT2D eigenvalue weighted by molar-refractivity contribution is -0.915. The van der Waals surface area contributed by atoms with E-state index < -0.39 is 5.41 Å². The zero-order valence-electron chi connectivity index (χ0n) is 20.8. The van der Waals surface area contributed by atoms with Crippen LogP contribution in [0.3, 0.4) is 0 Å². The monoisotopic (exact) mass is 597 g/mol. The van der Waals surface area contributed by atoms with Gasteiger partial charge in [0.1, 0.15) is 11.5 Å². The van der Waals surface area contributed by atoms with Crippen LogP contribution in [0.4, 0.5) is 0 Å². The lowest BCUT2D eigenvalue weighted by atomic mass is 9.84. The summed E-state index contributed by atoms with van der Waals surface area (Å²) < 4.78 is 13.0. The number of rotatable bonds is 8. The molecule has 1 saturated heterocycles. The van der Waals surface area contributed by atoms with Crippen molar-refractivity contribution in [2.75, 3.05) is 26.9 Å². The Bertz CT molecular complexity index is 1010. The molecule has 0 aliphatic carbocycles. The molecule has 0 spiro atoms. The number of para-hydroxylation sites is 1. The Morgan fingerprint density at radius 3 is 2.47 bits per heavy atom. The van der Waals surface area contributed by atoms with Crippen molar-refractivity contribution in [1.82, 2.24) is 0 Å². The zero-order chi connectivity index (χ0) is 23.6. The number of benzene rings is 2. The number of likely N-dealkylation sites (N-methyl/N-ethyl adjacent to an activating group) is 1. The molecule has 2 aromatic rings. The van der Waals surface area contributed by atoms with Gasteiger partial charge in [-0.2, -0.15) is 0 Å². The van der Waals surface area contributed by atoms with Gasteiger partial charge in [-0.1, -0.05) is 62.4 Å². The molecule has 0 amide bonds. The molecule has 3 atom stereocenters. The smallest absolute Gasteiger partial charge is 0.315 e. The lowest BCUT2D eigenvalue weighted by Gasteiger charge is -2.31. The zero-order valence-corrected chi connectivity index (χ0v) is 23.7. The van der Waals surface area contributed by atoms with Crippen LogP contribution in [0.2, 0.25) is 5.02 Å². The van der Waals surface area contributed by atoms with Gasteiger partial charge in [-0.25, -0.2) is 0 Å². The highest BCUT2D eigenvalue weighted by molar-refractivity contribution is 6.30. The van der Waals surface area contributed by atoms with E-state index in [0.29, 0.717) is 11.2 Å². The van der Waals surface area contributed by atoms with Crippen LogP contribution in [-0.2, 0) is 9.53 Å². The minimum absolute atomic E-state index is 0. The molecule has 4 nitrogen and oxygen atoms in total. The first-order valence-corrected chi connectivity index (χ1v) is 12.7. The van der Waals surface area contributed by atoms with Gasteiger partial charge in [-0.05, 0) is 44.5 Å². The van der Waals surface area contributed by atoms with E-state index in [1.165, 1.54) is 24.8 Å². The minimum Gasteiger partial charge on any atom is -1.00 e. The molecule has 0 radical (unpaired) electrons. The maximum absolute atomic E-state index is 13.0. The number of nitrogens with zero attached hydrogens (tertiary/aromatic N) is 1. The second-order valence-electron chi connectivity index (χ2n) is 10.8. The number of halogens is 2. The maximum atomic E-state index is 13.0. The first-order valence-electron chi connectivity index (χ1n) is 12.3. The van der Waals surface area contributed by atoms with Gasteiger partial charge < -0.3 is 33.5 Å². The van der Waals surface area contributed by atoms with E-state index in [4.69, 9.17) is 21.1 Å². The predicted molar refractivity (Wildman–Crippen MR) is 133 cm³/mol. The van der Waals surface area contributed by atoms with Crippen LogP contribution in [0.5, 0.6) is 11.5 Å². The molecule has 1 fully saturated rings. The Kier molecular flexibility index (Phi) is 8.96. The predicted octanol–water partition coefficient (Wildman–Crippen LogP) is 4.27. The molecule has 2 aromatic carbocycles. The second-order valence-corrected chi connectivity index (χ2v) is 11.2. The van der Waals surface area contributed by atoms with Gasteiger partial charge in [0, 0.05) is 28.0 Å². The molecule has 0 aromatic heterocycles. The van der Waals surface area contributed by atoms with E-state index in [0.717, 1.165) is 48.0 Å². The van der Waals surface area contributed by atoms with Gasteiger partial charge in [0.15, 0.2) is 0 Å². The van der Waals surface area contributed by atoms with Gasteiger partial charge in [-0.15, -0.1) is 0 Å². The molecule has 6 heteroatoms. The topological polar surface area (TPSA) is 35.5 Å². The van der Waals surface area contributed by atoms with Gasteiger partial charge in [0.2, 0.25) is 6.73 Å². The summed E-state index contributed by atoms with van der Waals surface area (Å²) in [7, 11) is 2.20. The summed E-state index contributed by atoms with van der Waals surface area (Å²) in [5.74, 6) is 2.24. The SMILES string of the molecule is CCCCCCC(C)(C)C(=O)OC[N+]1(C)CC2c3ccccc3Oc3ccc(Cl)cc3C2C1.[I-]. The van der Waals surface area contributed by atoms with Crippen LogP contribution in [0, 0.1) is 5.41 Å². The quantitative estimate of drug-likeness (QED) is 0.197. The first-order chi connectivity index (χ1) is 15.7. The van der Waals surface area contributed by atoms with E-state index >= 15 is 0 Å². The van der Waals surface area contributed by atoms with E-state index in [1.54, 1.807) is 0 Å². The van der Waals surface area contributed by atoms with Gasteiger partial charge in [0.25, 0.3) is 0 Å². The summed E-state index contributed by atoms with van der Waals surface area (Å²) in [6.07, 6.45) is 5.54. The summed E-state index contributed by atoms with van der Waals surface area (Å²) >= 11 is 6.39. The summed E-state index contributed by atoms with van der Waals surface area (Å²) in [5.41, 5.74) is 1.92. The molecule has 2 aliphatic rings. The van der Waals surface area contributed by atoms with Crippen molar-refractivity contribution in [3.63, 3.8) is 0 Å². The molecule has 0 saturated carbocycles. The number of hydrogen-bond acceptors (Lipinski definition) is 3. The van der Waals surface area contributed by atoms with Gasteiger partial charge >= 0.3 is 5.97 Å². The highest BCUT2D eigenvalue weighted by Crippen LogP contribution is 2.51. The third kappa shape index (κ3) is 5.90. The normalized spacial score (nSPS) is 23.0. The average Bonchev–Trinajstić information content (AvgIpc) is 3.08. The van der Waals surface area contributed by atoms with Gasteiger partial charge in [0.05, 0.1) is 25.6 Å². The Morgan fingerprint density at radius 2 is 1.74 bits per heavy atom. The number of ether oxygens (including phenoxy) is 2. The molecule has 186 valence electrons. The minimum atomic E-state index is -0.447. The third-order valence-corrected chi connectivity index (χ3v) is 7.62. The molecular weight excluding hydrogens is 561 g/mol. The summed E-state index contributed by atoms with van der Waals surface area (Å²) in [5, 5.41) is 0.722. The molecular formula is C28H37ClINO3. The second kappa shape index (κ2) is 11.2. The standard InChI is InChI=1S/C28H37ClNO3.HI/c1-5-6-7-10-15-28(2,3)27(31)32-19-30(4)17-23-21-11-8-9-12-25(21)33-26-14-13-20(29)16-22(26)24(23)18-30;/h8-9,11-14,16,23-24H,5-7,10,15,17-19H2,1-4H3;1H/q+1;/p-1. The third-order valence-electron chi connectivity index (χ3n) is 7.39. The fraction of sp³-hybridized carbons (Fsp3) is 0.536. The number of unbranched alkanes of at least 4 members (excludes halogenated alkanes) is 3. The van der Waals surface area contributed by atoms with Crippen molar-refractivity contribution in [3.05, 3.63) is 58.6 Å². The largest absolute Gasteiger partial charge is 1.00 e. The number of carbonyl (C=O) groups is 1. The highest BCUT2D eigenvalue weighted by Gasteiger charge is 2.48. The van der Waals surface area contributed by atoms with Crippen LogP contribution in [0.25, 0.3) is 0 Å². The number of quaternary nitrogens is 1. The Balaban J connectivity index is 0.00000324. The molecule has 3 unspecified atom stereocenters. The lowest BCUT2D eigenvalue weighted by Crippen LogP contribution is -3.00. The average molecular weight is 598 g/mol. The van der Waals surface area contributed by atoms with E-state index in [1.807, 2.05) is 44.2 Å². The van der Waals surface area contributed by atoms with Crippen molar-refractivity contribution in [3.8, 4) is 11.5 Å². The molecule has 2 aliphatic heterocycles. The summed E-state index contributed by atoms with van der Waals surface area (Å²) in [6, 6.07) is 14.2. The van der Waals surface area contributed by atoms with Crippen molar-refractivity contribution < 1.29 is 42.7 Å². The summed E-state index contributed by atoms with van der Waals surface area (Å²) in [4.78, 5) is 13.0. The number of likely N-dealkylation sites (tertiary alicyclic amines) is 1. The van der Waals surface area contributed by atoms with Gasteiger partial charge in [-0.3, -0.25) is 9.28 Å². The number of esters is 1. The van der Waals surface area contributed by atoms with Crippen molar-refractivity contribution in [1.29, 1.82) is 0 Å². The van der Waals surface area contributed by atoms with E-state index in [-0.39, 0.29) is 41.8 Å². The van der Waals surface area contributed by atoms with Crippen LogP contribution in [0.15, 0.2) is 42.5 Å². The highest BCUT2D eigenvalue weighted by atomic mass is 127. The van der Waals surface area contributed by atoms with Crippen LogP contribution in [-0.4, -0.2) is 37.3 Å². The Morgan fingerprint density at radius 1 is 1.06 bits per heavy atom. The first kappa shape index (κ1) is 27.3. The van der Waals surface area contributed by atoms with Crippen LogP contribution >= 0.6 is 11.6 Å². The van der Waals surface area contributed by atoms with E-state index in [2.05, 4.69) is 26.1 Å². The Labute approximate surface area is 226 Å². The molecule has 0 bridgehead atoms. The van der Waals surface area contributed by atoms with Crippen molar-refractivity contribution in [2.24, 2.45) is 5.41 Å². The fourth-order valence-electron chi connectivity index (χ4n) is 5.42. The van der Waals surface area contributed by atoms with Crippen LogP contribution < -0.4 is 28.7 Å². The van der Waals surface area contributed by atoms with Crippen molar-refractivity contribution >= 4 is 17.6 Å². The molecule has 2 heterocycles. The fourth-order valence-corrected chi connectivity index (χ4v) is 5.60.